The van der Waals surface area contributed by atoms with Crippen LogP contribution >= 0.6 is 0 Å². The maximum atomic E-state index is 11.8. The van der Waals surface area contributed by atoms with Crippen LogP contribution in [0.3, 0.4) is 0 Å². The summed E-state index contributed by atoms with van der Waals surface area (Å²) >= 11 is 0. The van der Waals surface area contributed by atoms with Crippen molar-refractivity contribution in [3.63, 3.8) is 0 Å². The van der Waals surface area contributed by atoms with Crippen LogP contribution in [0.4, 0.5) is 5.69 Å². The van der Waals surface area contributed by atoms with Crippen molar-refractivity contribution in [1.82, 2.24) is 0 Å². The third kappa shape index (κ3) is 8.27. The van der Waals surface area contributed by atoms with E-state index in [0.717, 1.165) is 17.5 Å². The molecule has 0 unspecified atom stereocenters. The first kappa shape index (κ1) is 23.9. The molecule has 0 radical (unpaired) electrons. The largest absolute Gasteiger partial charge is 0.482 e. The molecule has 0 atom stereocenters. The molecule has 0 aliphatic carbocycles. The van der Waals surface area contributed by atoms with Gasteiger partial charge in [0.1, 0.15) is 12.3 Å². The summed E-state index contributed by atoms with van der Waals surface area (Å²) in [6.07, 6.45) is 0. The van der Waals surface area contributed by atoms with Crippen molar-refractivity contribution in [2.75, 3.05) is 31.2 Å². The van der Waals surface area contributed by atoms with Crippen LogP contribution in [-0.4, -0.2) is 55.3 Å². The van der Waals surface area contributed by atoms with Gasteiger partial charge in [-0.1, -0.05) is 19.6 Å². The van der Waals surface area contributed by atoms with Crippen LogP contribution in [0.5, 0.6) is 5.75 Å². The Hall–Kier alpha value is -2.11. The molecule has 9 nitrogen and oxygen atoms in total. The summed E-state index contributed by atoms with van der Waals surface area (Å²) < 4.78 is 39.4. The number of nitrogens with zero attached hydrogens (tertiary/aromatic N) is 1. The van der Waals surface area contributed by atoms with Gasteiger partial charge in [0.25, 0.3) is 10.2 Å². The lowest BCUT2D eigenvalue weighted by atomic mass is 10.2. The first-order valence-electron chi connectivity index (χ1n) is 8.60. The van der Waals surface area contributed by atoms with Crippen molar-refractivity contribution in [3.05, 3.63) is 23.8 Å². The highest BCUT2D eigenvalue weighted by atomic mass is 32.2. The zero-order chi connectivity index (χ0) is 21.5. The summed E-state index contributed by atoms with van der Waals surface area (Å²) in [5.41, 5.74) is 0.695. The van der Waals surface area contributed by atoms with E-state index in [4.69, 9.17) is 14.6 Å². The Morgan fingerprint density at radius 1 is 1.18 bits per heavy atom. The third-order valence-corrected chi connectivity index (χ3v) is 6.36. The predicted molar refractivity (Wildman–Crippen MR) is 108 cm³/mol. The second-order valence-corrected chi connectivity index (χ2v) is 14.5. The smallest absolute Gasteiger partial charge is 0.344 e. The molecule has 0 heterocycles. The van der Waals surface area contributed by atoms with Crippen molar-refractivity contribution in [2.45, 2.75) is 32.6 Å². The Kier molecular flexibility index (Phi) is 8.45. The number of hydrogen-bond donors (Lipinski definition) is 1. The minimum Gasteiger partial charge on any atom is -0.482 e. The van der Waals surface area contributed by atoms with E-state index in [-0.39, 0.29) is 12.3 Å². The summed E-state index contributed by atoms with van der Waals surface area (Å²) in [5.74, 6) is -0.873. The van der Waals surface area contributed by atoms with E-state index in [1.807, 2.05) is 0 Å². The van der Waals surface area contributed by atoms with Crippen molar-refractivity contribution < 1.29 is 32.2 Å². The monoisotopic (exact) mass is 432 g/mol. The lowest BCUT2D eigenvalue weighted by Crippen LogP contribution is -2.41. The molecule has 0 bridgehead atoms. The number of hydrogen-bond acceptors (Lipinski definition) is 7. The van der Waals surface area contributed by atoms with Gasteiger partial charge in [-0.15, -0.1) is 0 Å². The van der Waals surface area contributed by atoms with E-state index in [0.29, 0.717) is 17.9 Å². The Labute approximate surface area is 166 Å². The molecule has 158 valence electrons. The lowest BCUT2D eigenvalue weighted by molar-refractivity contribution is -0.145. The highest BCUT2D eigenvalue weighted by molar-refractivity contribution is 7.90. The maximum absolute atomic E-state index is 11.8. The second kappa shape index (κ2) is 9.89. The zero-order valence-corrected chi connectivity index (χ0v) is 18.7. The number of esters is 2. The molecule has 28 heavy (non-hydrogen) atoms. The predicted octanol–water partition coefficient (Wildman–Crippen LogP) is 1.44. The molecule has 1 aromatic rings. The Morgan fingerprint density at radius 2 is 1.82 bits per heavy atom. The van der Waals surface area contributed by atoms with Gasteiger partial charge >= 0.3 is 11.9 Å². The average molecular weight is 433 g/mol. The van der Waals surface area contributed by atoms with E-state index < -0.39 is 36.8 Å². The molecule has 0 saturated carbocycles. The fraction of sp³-hybridized carbons (Fsp3) is 0.529. The van der Waals surface area contributed by atoms with Gasteiger partial charge in [-0.2, -0.15) is 8.42 Å². The number of anilines is 1. The Morgan fingerprint density at radius 3 is 2.32 bits per heavy atom. The first-order chi connectivity index (χ1) is 12.8. The minimum absolute atomic E-state index is 0.206. The second-order valence-electron chi connectivity index (χ2n) is 7.40. The van der Waals surface area contributed by atoms with E-state index in [9.17, 15) is 18.0 Å². The number of methoxy groups -OCH3 is 1. The number of rotatable bonds is 10. The molecule has 0 amide bonds. The van der Waals surface area contributed by atoms with Crippen molar-refractivity contribution >= 4 is 35.9 Å². The van der Waals surface area contributed by atoms with E-state index in [2.05, 4.69) is 24.4 Å². The third-order valence-electron chi connectivity index (χ3n) is 3.72. The summed E-state index contributed by atoms with van der Waals surface area (Å²) in [6.45, 7) is 7.74. The first-order valence-corrected chi connectivity index (χ1v) is 13.8. The number of carbonyl (C=O) groups excluding carboxylic acids is 2. The quantitative estimate of drug-likeness (QED) is 0.438. The van der Waals surface area contributed by atoms with E-state index >= 15 is 0 Å². The van der Waals surface area contributed by atoms with Crippen LogP contribution in [0.15, 0.2) is 18.2 Å². The molecule has 0 aromatic heterocycles. The normalized spacial score (nSPS) is 11.6. The minimum atomic E-state index is -4.19. The van der Waals surface area contributed by atoms with Crippen LogP contribution in [0.2, 0.25) is 25.7 Å². The number of benzene rings is 1. The fourth-order valence-electron chi connectivity index (χ4n) is 2.15. The van der Waals surface area contributed by atoms with Crippen LogP contribution in [0.1, 0.15) is 5.56 Å². The van der Waals surface area contributed by atoms with Gasteiger partial charge in [0.2, 0.25) is 0 Å². The SMILES string of the molecule is COC(=O)CN(c1ccc(OCC(=O)OCC[Si](C)(C)C)cc1C)S(N)(=O)=O. The molecule has 2 N–H and O–H groups in total. The number of ether oxygens (including phenoxy) is 3. The summed E-state index contributed by atoms with van der Waals surface area (Å²) in [7, 11) is -4.32. The molecule has 1 aromatic carbocycles. The molecular formula is C17H28N2O7SSi. The summed E-state index contributed by atoms with van der Waals surface area (Å²) in [4.78, 5) is 23.2. The van der Waals surface area contributed by atoms with Crippen molar-refractivity contribution in [1.29, 1.82) is 0 Å². The molecule has 0 aliphatic heterocycles. The standard InChI is InChI=1S/C17H28N2O7SSi/c1-13-10-14(26-12-17(21)25-8-9-28(3,4)5)6-7-15(13)19(27(18,22)23)11-16(20)24-2/h6-7,10H,8-9,11-12H2,1-5H3,(H2,18,22,23). The topological polar surface area (TPSA) is 125 Å². The molecular weight excluding hydrogens is 404 g/mol. The van der Waals surface area contributed by atoms with Gasteiger partial charge in [0.15, 0.2) is 6.61 Å². The van der Waals surface area contributed by atoms with Crippen molar-refractivity contribution in [2.24, 2.45) is 5.14 Å². The summed E-state index contributed by atoms with van der Waals surface area (Å²) in [5, 5.41) is 5.20. The molecule has 0 fully saturated rings. The summed E-state index contributed by atoms with van der Waals surface area (Å²) in [6, 6.07) is 5.33. The molecule has 1 rings (SSSR count). The van der Waals surface area contributed by atoms with Gasteiger partial charge in [-0.05, 0) is 36.7 Å². The van der Waals surface area contributed by atoms with Gasteiger partial charge in [-0.25, -0.2) is 14.2 Å². The average Bonchev–Trinajstić information content (AvgIpc) is 2.56. The fourth-order valence-corrected chi connectivity index (χ4v) is 3.63. The highest BCUT2D eigenvalue weighted by Crippen LogP contribution is 2.26. The van der Waals surface area contributed by atoms with Gasteiger partial charge in [0.05, 0.1) is 19.4 Å². The lowest BCUT2D eigenvalue weighted by Gasteiger charge is -2.22. The van der Waals surface area contributed by atoms with Crippen LogP contribution in [0, 0.1) is 6.92 Å². The molecule has 0 saturated heterocycles. The molecule has 11 heteroatoms. The van der Waals surface area contributed by atoms with Crippen LogP contribution in [-0.2, 0) is 29.3 Å². The van der Waals surface area contributed by atoms with Gasteiger partial charge in [-0.3, -0.25) is 4.79 Å². The number of carbonyl (C=O) groups is 2. The zero-order valence-electron chi connectivity index (χ0n) is 16.9. The van der Waals surface area contributed by atoms with Crippen LogP contribution < -0.4 is 14.2 Å². The number of nitrogens with two attached hydrogens (primary N) is 1. The number of aryl methyl sites for hydroxylation is 1. The molecule has 0 aliphatic rings. The highest BCUT2D eigenvalue weighted by Gasteiger charge is 2.23. The van der Waals surface area contributed by atoms with E-state index in [1.54, 1.807) is 13.0 Å². The van der Waals surface area contributed by atoms with E-state index in [1.165, 1.54) is 12.1 Å². The van der Waals surface area contributed by atoms with Crippen molar-refractivity contribution in [3.8, 4) is 5.75 Å². The Balaban J connectivity index is 2.77. The van der Waals surface area contributed by atoms with Gasteiger partial charge in [0, 0.05) is 8.07 Å². The molecule has 0 spiro atoms. The maximum Gasteiger partial charge on any atom is 0.344 e. The van der Waals surface area contributed by atoms with Crippen LogP contribution in [0.25, 0.3) is 0 Å². The Bertz CT molecular complexity index is 806. The van der Waals surface area contributed by atoms with Gasteiger partial charge < -0.3 is 14.2 Å².